The van der Waals surface area contributed by atoms with Crippen molar-refractivity contribution in [3.8, 4) is 0 Å². The van der Waals surface area contributed by atoms with Gasteiger partial charge in [-0.05, 0) is 24.3 Å². The first-order valence-corrected chi connectivity index (χ1v) is 9.25. The van der Waals surface area contributed by atoms with E-state index in [1.165, 1.54) is 6.42 Å². The largest absolute Gasteiger partial charge is 0.324 e. The Morgan fingerprint density at radius 1 is 1.00 bits per heavy atom. The Balaban J connectivity index is 0.00000192. The molecule has 3 rings (SSSR count). The maximum atomic E-state index is 12.7. The lowest BCUT2D eigenvalue weighted by Gasteiger charge is -2.33. The predicted molar refractivity (Wildman–Crippen MR) is 96.4 cm³/mol. The van der Waals surface area contributed by atoms with Gasteiger partial charge < -0.3 is 5.73 Å². The van der Waals surface area contributed by atoms with Crippen molar-refractivity contribution in [1.82, 2.24) is 4.72 Å². The standard InChI is InChI=1S/C17H22N2O2S.ClH/c18-17(11-4-1-5-12-17)13-19-22(20,21)16-10-6-8-14-7-2-3-9-15(14)16;/h2-3,6-10,19H,1,4-5,11-13,18H2;1H. The zero-order chi connectivity index (χ0) is 15.6. The van der Waals surface area contributed by atoms with E-state index in [-0.39, 0.29) is 12.4 Å². The normalized spacial score (nSPS) is 17.6. The highest BCUT2D eigenvalue weighted by atomic mass is 35.5. The monoisotopic (exact) mass is 354 g/mol. The summed E-state index contributed by atoms with van der Waals surface area (Å²) in [6.07, 6.45) is 5.10. The lowest BCUT2D eigenvalue weighted by atomic mass is 9.83. The third kappa shape index (κ3) is 4.04. The van der Waals surface area contributed by atoms with Crippen LogP contribution in [0.2, 0.25) is 0 Å². The van der Waals surface area contributed by atoms with Crippen molar-refractivity contribution in [2.24, 2.45) is 5.73 Å². The quantitative estimate of drug-likeness (QED) is 0.885. The van der Waals surface area contributed by atoms with Crippen molar-refractivity contribution >= 4 is 33.2 Å². The van der Waals surface area contributed by atoms with Gasteiger partial charge in [-0.1, -0.05) is 55.7 Å². The fraction of sp³-hybridized carbons (Fsp3) is 0.412. The van der Waals surface area contributed by atoms with Gasteiger partial charge in [-0.25, -0.2) is 13.1 Å². The first-order chi connectivity index (χ1) is 10.5. The number of benzene rings is 2. The number of nitrogens with two attached hydrogens (primary N) is 1. The number of hydrogen-bond donors (Lipinski definition) is 2. The topological polar surface area (TPSA) is 72.2 Å². The molecule has 0 amide bonds. The summed E-state index contributed by atoms with van der Waals surface area (Å²) in [5, 5.41) is 1.66. The van der Waals surface area contributed by atoms with Crippen LogP contribution in [0.3, 0.4) is 0 Å². The van der Waals surface area contributed by atoms with Crippen molar-refractivity contribution in [3.05, 3.63) is 42.5 Å². The molecule has 0 spiro atoms. The highest BCUT2D eigenvalue weighted by Gasteiger charge is 2.29. The molecule has 6 heteroatoms. The van der Waals surface area contributed by atoms with Gasteiger partial charge in [0.25, 0.3) is 0 Å². The van der Waals surface area contributed by atoms with Crippen LogP contribution in [0.15, 0.2) is 47.4 Å². The van der Waals surface area contributed by atoms with Crippen LogP contribution in [0.1, 0.15) is 32.1 Å². The molecule has 0 saturated heterocycles. The van der Waals surface area contributed by atoms with Crippen LogP contribution >= 0.6 is 12.4 Å². The molecule has 0 radical (unpaired) electrons. The number of sulfonamides is 1. The van der Waals surface area contributed by atoms with Crippen LogP contribution in [-0.2, 0) is 10.0 Å². The second kappa shape index (κ2) is 7.18. The Morgan fingerprint density at radius 2 is 1.65 bits per heavy atom. The Hall–Kier alpha value is -1.14. The van der Waals surface area contributed by atoms with E-state index in [2.05, 4.69) is 4.72 Å². The Labute approximate surface area is 143 Å². The van der Waals surface area contributed by atoms with E-state index in [9.17, 15) is 8.42 Å². The van der Waals surface area contributed by atoms with Gasteiger partial charge in [0.05, 0.1) is 4.90 Å². The summed E-state index contributed by atoms with van der Waals surface area (Å²) in [6.45, 7) is 0.304. The third-order valence-corrected chi connectivity index (χ3v) is 5.96. The zero-order valence-corrected chi connectivity index (χ0v) is 14.6. The second-order valence-electron chi connectivity index (χ2n) is 6.22. The number of fused-ring (bicyclic) bond motifs is 1. The van der Waals surface area contributed by atoms with Crippen LogP contribution in [0.5, 0.6) is 0 Å². The van der Waals surface area contributed by atoms with E-state index in [1.54, 1.807) is 12.1 Å². The summed E-state index contributed by atoms with van der Waals surface area (Å²) in [6, 6.07) is 12.9. The number of hydrogen-bond acceptors (Lipinski definition) is 3. The van der Waals surface area contributed by atoms with Crippen molar-refractivity contribution in [2.75, 3.05) is 6.54 Å². The van der Waals surface area contributed by atoms with Gasteiger partial charge in [0, 0.05) is 17.5 Å². The minimum atomic E-state index is -3.55. The van der Waals surface area contributed by atoms with Gasteiger partial charge in [0.1, 0.15) is 0 Å². The Bertz CT molecular complexity index is 766. The van der Waals surface area contributed by atoms with Gasteiger partial charge in [-0.2, -0.15) is 0 Å². The maximum Gasteiger partial charge on any atom is 0.241 e. The van der Waals surface area contributed by atoms with Crippen molar-refractivity contribution in [1.29, 1.82) is 0 Å². The van der Waals surface area contributed by atoms with Crippen molar-refractivity contribution < 1.29 is 8.42 Å². The second-order valence-corrected chi connectivity index (χ2v) is 7.96. The summed E-state index contributed by atoms with van der Waals surface area (Å²) in [7, 11) is -3.55. The molecule has 1 fully saturated rings. The highest BCUT2D eigenvalue weighted by Crippen LogP contribution is 2.27. The van der Waals surface area contributed by atoms with Gasteiger partial charge in [-0.15, -0.1) is 12.4 Å². The summed E-state index contributed by atoms with van der Waals surface area (Å²) in [5.74, 6) is 0. The molecule has 3 N–H and O–H groups in total. The summed E-state index contributed by atoms with van der Waals surface area (Å²) in [5.41, 5.74) is 5.92. The van der Waals surface area contributed by atoms with Gasteiger partial charge in [-0.3, -0.25) is 0 Å². The average Bonchev–Trinajstić information content (AvgIpc) is 2.53. The molecule has 2 aromatic carbocycles. The lowest BCUT2D eigenvalue weighted by molar-refractivity contribution is 0.296. The van der Waals surface area contributed by atoms with Crippen molar-refractivity contribution in [3.63, 3.8) is 0 Å². The number of halogens is 1. The van der Waals surface area contributed by atoms with E-state index in [0.717, 1.165) is 36.5 Å². The van der Waals surface area contributed by atoms with Crippen LogP contribution in [0.4, 0.5) is 0 Å². The smallest absolute Gasteiger partial charge is 0.241 e. The van der Waals surface area contributed by atoms with E-state index >= 15 is 0 Å². The molecule has 0 bridgehead atoms. The first kappa shape index (κ1) is 18.2. The first-order valence-electron chi connectivity index (χ1n) is 7.77. The van der Waals surface area contributed by atoms with Crippen LogP contribution in [0.25, 0.3) is 10.8 Å². The highest BCUT2D eigenvalue weighted by molar-refractivity contribution is 7.89. The molecule has 1 aliphatic carbocycles. The van der Waals surface area contributed by atoms with Gasteiger partial charge >= 0.3 is 0 Å². The molecule has 1 aliphatic rings. The van der Waals surface area contributed by atoms with E-state index in [4.69, 9.17) is 5.73 Å². The molecule has 126 valence electrons. The van der Waals surface area contributed by atoms with Crippen LogP contribution in [-0.4, -0.2) is 20.5 Å². The summed E-state index contributed by atoms with van der Waals surface area (Å²) >= 11 is 0. The Morgan fingerprint density at radius 3 is 2.39 bits per heavy atom. The van der Waals surface area contributed by atoms with E-state index < -0.39 is 15.6 Å². The Kier molecular flexibility index (Phi) is 5.68. The summed E-state index contributed by atoms with van der Waals surface area (Å²) in [4.78, 5) is 0.324. The third-order valence-electron chi connectivity index (χ3n) is 4.50. The fourth-order valence-electron chi connectivity index (χ4n) is 3.18. The zero-order valence-electron chi connectivity index (χ0n) is 13.0. The molecular formula is C17H23ClN2O2S. The van der Waals surface area contributed by atoms with Crippen LogP contribution < -0.4 is 10.5 Å². The minimum Gasteiger partial charge on any atom is -0.324 e. The van der Waals surface area contributed by atoms with E-state index in [1.807, 2.05) is 30.3 Å². The fourth-order valence-corrected chi connectivity index (χ4v) is 4.55. The van der Waals surface area contributed by atoms with Gasteiger partial charge in [0.2, 0.25) is 10.0 Å². The lowest BCUT2D eigenvalue weighted by Crippen LogP contribution is -2.51. The average molecular weight is 355 g/mol. The molecule has 2 aromatic rings. The molecule has 1 saturated carbocycles. The van der Waals surface area contributed by atoms with Gasteiger partial charge in [0.15, 0.2) is 0 Å². The molecule has 0 atom stereocenters. The molecule has 23 heavy (non-hydrogen) atoms. The van der Waals surface area contributed by atoms with Crippen LogP contribution in [0, 0.1) is 0 Å². The minimum absolute atomic E-state index is 0. The maximum absolute atomic E-state index is 12.7. The molecule has 0 aromatic heterocycles. The number of nitrogens with one attached hydrogen (secondary N) is 1. The molecule has 0 heterocycles. The van der Waals surface area contributed by atoms with Crippen molar-refractivity contribution in [2.45, 2.75) is 42.5 Å². The van der Waals surface area contributed by atoms with E-state index in [0.29, 0.717) is 11.4 Å². The molecule has 0 aliphatic heterocycles. The molecular weight excluding hydrogens is 332 g/mol. The molecule has 0 unspecified atom stereocenters. The summed E-state index contributed by atoms with van der Waals surface area (Å²) < 4.78 is 28.1. The predicted octanol–water partition coefficient (Wildman–Crippen LogP) is 3.20. The number of rotatable bonds is 4. The molecule has 4 nitrogen and oxygen atoms in total. The SMILES string of the molecule is Cl.NC1(CNS(=O)(=O)c2cccc3ccccc23)CCCCC1.